The van der Waals surface area contributed by atoms with Crippen molar-refractivity contribution >= 4 is 6.09 Å². The molecule has 1 aliphatic rings. The van der Waals surface area contributed by atoms with E-state index in [2.05, 4.69) is 13.8 Å². The standard InChI is InChI=1S/C11H22N2O2/c1-10(2)5-6-13(7-10)9(14)15-8-11(3,4)12/h5-8,12H2,1-4H3. The topological polar surface area (TPSA) is 55.6 Å². The van der Waals surface area contributed by atoms with Crippen molar-refractivity contribution in [3.05, 3.63) is 0 Å². The molecule has 1 fully saturated rings. The molecule has 0 aromatic carbocycles. The second kappa shape index (κ2) is 4.00. The highest BCUT2D eigenvalue weighted by Gasteiger charge is 2.33. The first-order valence-electron chi connectivity index (χ1n) is 5.40. The number of carbonyl (C=O) groups excluding carboxylic acids is 1. The van der Waals surface area contributed by atoms with Crippen molar-refractivity contribution in [2.45, 2.75) is 39.7 Å². The lowest BCUT2D eigenvalue weighted by Crippen LogP contribution is -2.41. The van der Waals surface area contributed by atoms with Gasteiger partial charge < -0.3 is 15.4 Å². The van der Waals surface area contributed by atoms with Gasteiger partial charge in [0, 0.05) is 18.6 Å². The van der Waals surface area contributed by atoms with Gasteiger partial charge in [0.1, 0.15) is 6.61 Å². The summed E-state index contributed by atoms with van der Waals surface area (Å²) in [5.41, 5.74) is 5.51. The first-order valence-corrected chi connectivity index (χ1v) is 5.40. The van der Waals surface area contributed by atoms with Crippen LogP contribution in [0.3, 0.4) is 0 Å². The third kappa shape index (κ3) is 4.08. The van der Waals surface area contributed by atoms with Crippen molar-refractivity contribution in [2.75, 3.05) is 19.7 Å². The summed E-state index contributed by atoms with van der Waals surface area (Å²) < 4.78 is 5.15. The summed E-state index contributed by atoms with van der Waals surface area (Å²) >= 11 is 0. The van der Waals surface area contributed by atoms with E-state index in [9.17, 15) is 4.79 Å². The fraction of sp³-hybridized carbons (Fsp3) is 0.909. The van der Waals surface area contributed by atoms with Gasteiger partial charge in [0.25, 0.3) is 0 Å². The molecule has 4 nitrogen and oxygen atoms in total. The van der Waals surface area contributed by atoms with Crippen molar-refractivity contribution < 1.29 is 9.53 Å². The quantitative estimate of drug-likeness (QED) is 0.759. The second-order valence-corrected chi connectivity index (χ2v) is 5.88. The minimum atomic E-state index is -0.453. The summed E-state index contributed by atoms with van der Waals surface area (Å²) in [7, 11) is 0. The Balaban J connectivity index is 2.37. The van der Waals surface area contributed by atoms with E-state index in [1.807, 2.05) is 13.8 Å². The number of nitrogens with zero attached hydrogens (tertiary/aromatic N) is 1. The van der Waals surface area contributed by atoms with Gasteiger partial charge in [-0.2, -0.15) is 0 Å². The van der Waals surface area contributed by atoms with Crippen molar-refractivity contribution in [1.29, 1.82) is 0 Å². The van der Waals surface area contributed by atoms with Crippen LogP contribution in [-0.2, 0) is 4.74 Å². The smallest absolute Gasteiger partial charge is 0.409 e. The zero-order valence-corrected chi connectivity index (χ0v) is 10.2. The maximum Gasteiger partial charge on any atom is 0.409 e. The van der Waals surface area contributed by atoms with Crippen molar-refractivity contribution in [2.24, 2.45) is 11.1 Å². The number of hydrogen-bond acceptors (Lipinski definition) is 3. The van der Waals surface area contributed by atoms with Gasteiger partial charge in [-0.05, 0) is 25.7 Å². The molecule has 88 valence electrons. The molecule has 0 aromatic heterocycles. The molecule has 1 heterocycles. The number of ether oxygens (including phenoxy) is 1. The maximum atomic E-state index is 11.6. The SMILES string of the molecule is CC(C)(N)COC(=O)N1CCC(C)(C)C1. The van der Waals surface area contributed by atoms with E-state index in [0.717, 1.165) is 19.5 Å². The minimum Gasteiger partial charge on any atom is -0.447 e. The van der Waals surface area contributed by atoms with Crippen molar-refractivity contribution in [3.63, 3.8) is 0 Å². The molecule has 1 rings (SSSR count). The molecule has 0 aromatic rings. The van der Waals surface area contributed by atoms with Crippen LogP contribution in [0.2, 0.25) is 0 Å². The summed E-state index contributed by atoms with van der Waals surface area (Å²) in [6, 6.07) is 0. The molecule has 1 amide bonds. The first kappa shape index (κ1) is 12.3. The van der Waals surface area contributed by atoms with Crippen molar-refractivity contribution in [1.82, 2.24) is 4.90 Å². The number of likely N-dealkylation sites (tertiary alicyclic amines) is 1. The van der Waals surface area contributed by atoms with Gasteiger partial charge in [-0.3, -0.25) is 0 Å². The highest BCUT2D eigenvalue weighted by atomic mass is 16.6. The second-order valence-electron chi connectivity index (χ2n) is 5.88. The van der Waals surface area contributed by atoms with Crippen LogP contribution in [0.25, 0.3) is 0 Å². The summed E-state index contributed by atoms with van der Waals surface area (Å²) in [6.45, 7) is 9.83. The summed E-state index contributed by atoms with van der Waals surface area (Å²) in [6.07, 6.45) is 0.799. The molecule has 0 atom stereocenters. The molecule has 0 spiro atoms. The molecule has 1 saturated heterocycles. The Hall–Kier alpha value is -0.770. The molecule has 0 unspecified atom stereocenters. The van der Waals surface area contributed by atoms with E-state index < -0.39 is 5.54 Å². The van der Waals surface area contributed by atoms with E-state index in [-0.39, 0.29) is 18.1 Å². The molecule has 4 heteroatoms. The Kier molecular flexibility index (Phi) is 3.28. The predicted molar refractivity (Wildman–Crippen MR) is 59.6 cm³/mol. The van der Waals surface area contributed by atoms with Crippen LogP contribution in [0.1, 0.15) is 34.1 Å². The lowest BCUT2D eigenvalue weighted by molar-refractivity contribution is 0.0904. The van der Waals surface area contributed by atoms with Crippen LogP contribution in [0.5, 0.6) is 0 Å². The molecular weight excluding hydrogens is 192 g/mol. The van der Waals surface area contributed by atoms with Crippen LogP contribution in [0.15, 0.2) is 0 Å². The Morgan fingerprint density at radius 2 is 2.13 bits per heavy atom. The van der Waals surface area contributed by atoms with Crippen LogP contribution >= 0.6 is 0 Å². The van der Waals surface area contributed by atoms with E-state index in [1.165, 1.54) is 0 Å². The summed E-state index contributed by atoms with van der Waals surface area (Å²) in [5, 5.41) is 0. The largest absolute Gasteiger partial charge is 0.447 e. The van der Waals surface area contributed by atoms with E-state index in [1.54, 1.807) is 4.90 Å². The lowest BCUT2D eigenvalue weighted by atomic mass is 9.93. The third-order valence-electron chi connectivity index (χ3n) is 2.50. The zero-order valence-electron chi connectivity index (χ0n) is 10.2. The molecule has 15 heavy (non-hydrogen) atoms. The van der Waals surface area contributed by atoms with Crippen LogP contribution in [0.4, 0.5) is 4.79 Å². The molecule has 0 radical (unpaired) electrons. The molecule has 1 aliphatic heterocycles. The maximum absolute atomic E-state index is 11.6. The number of rotatable bonds is 2. The molecule has 0 bridgehead atoms. The van der Waals surface area contributed by atoms with Gasteiger partial charge in [-0.25, -0.2) is 4.79 Å². The number of hydrogen-bond donors (Lipinski definition) is 1. The molecule has 0 saturated carbocycles. The Labute approximate surface area is 91.8 Å². The van der Waals surface area contributed by atoms with Gasteiger partial charge in [-0.15, -0.1) is 0 Å². The van der Waals surface area contributed by atoms with Gasteiger partial charge >= 0.3 is 6.09 Å². The highest BCUT2D eigenvalue weighted by Crippen LogP contribution is 2.29. The number of nitrogens with two attached hydrogens (primary N) is 1. The van der Waals surface area contributed by atoms with Gasteiger partial charge in [0.2, 0.25) is 0 Å². The number of carbonyl (C=O) groups is 1. The van der Waals surface area contributed by atoms with E-state index in [0.29, 0.717) is 0 Å². The fourth-order valence-corrected chi connectivity index (χ4v) is 1.61. The summed E-state index contributed by atoms with van der Waals surface area (Å²) in [4.78, 5) is 13.4. The Bertz CT molecular complexity index is 243. The van der Waals surface area contributed by atoms with E-state index in [4.69, 9.17) is 10.5 Å². The normalized spacial score (nSPS) is 20.5. The van der Waals surface area contributed by atoms with Crippen LogP contribution in [0, 0.1) is 5.41 Å². The van der Waals surface area contributed by atoms with Gasteiger partial charge in [-0.1, -0.05) is 13.8 Å². The first-order chi connectivity index (χ1) is 6.70. The number of amides is 1. The lowest BCUT2D eigenvalue weighted by Gasteiger charge is -2.23. The highest BCUT2D eigenvalue weighted by molar-refractivity contribution is 5.68. The van der Waals surface area contributed by atoms with Gasteiger partial charge in [0.15, 0.2) is 0 Å². The minimum absolute atomic E-state index is 0.219. The summed E-state index contributed by atoms with van der Waals surface area (Å²) in [5.74, 6) is 0. The van der Waals surface area contributed by atoms with Crippen LogP contribution < -0.4 is 5.73 Å². The van der Waals surface area contributed by atoms with Crippen LogP contribution in [-0.4, -0.2) is 36.2 Å². The average molecular weight is 214 g/mol. The van der Waals surface area contributed by atoms with Gasteiger partial charge in [0.05, 0.1) is 0 Å². The predicted octanol–water partition coefficient (Wildman–Crippen LogP) is 1.59. The molecule has 0 aliphatic carbocycles. The van der Waals surface area contributed by atoms with Crippen molar-refractivity contribution in [3.8, 4) is 0 Å². The van der Waals surface area contributed by atoms with E-state index >= 15 is 0 Å². The zero-order chi connectivity index (χ0) is 11.7. The molecular formula is C11H22N2O2. The monoisotopic (exact) mass is 214 g/mol. The third-order valence-corrected chi connectivity index (χ3v) is 2.50. The fourth-order valence-electron chi connectivity index (χ4n) is 1.61. The Morgan fingerprint density at radius 1 is 1.53 bits per heavy atom. The average Bonchev–Trinajstić information content (AvgIpc) is 2.40. The molecule has 2 N–H and O–H groups in total. The Morgan fingerprint density at radius 3 is 2.53 bits per heavy atom.